The van der Waals surface area contributed by atoms with E-state index < -0.39 is 0 Å². The number of rotatable bonds is 2. The van der Waals surface area contributed by atoms with E-state index in [0.29, 0.717) is 5.92 Å². The smallest absolute Gasteiger partial charge is 0.152 e. The second-order valence-corrected chi connectivity index (χ2v) is 5.78. The maximum atomic E-state index is 5.31. The molecular formula is C14H17BrN2O. The predicted molar refractivity (Wildman–Crippen MR) is 75.5 cm³/mol. The molecule has 1 N–H and O–H groups in total. The molecule has 0 saturated carbocycles. The lowest BCUT2D eigenvalue weighted by Gasteiger charge is -2.25. The molecule has 1 aromatic rings. The highest BCUT2D eigenvalue weighted by Crippen LogP contribution is 2.40. The van der Waals surface area contributed by atoms with Crippen molar-refractivity contribution in [3.05, 3.63) is 28.5 Å². The number of nitrogens with zero attached hydrogens (tertiary/aromatic N) is 1. The lowest BCUT2D eigenvalue weighted by Crippen LogP contribution is -2.33. The van der Waals surface area contributed by atoms with Crippen LogP contribution in [0.25, 0.3) is 5.57 Å². The summed E-state index contributed by atoms with van der Waals surface area (Å²) in [5, 5.41) is 3.47. The first-order chi connectivity index (χ1) is 8.78. The number of ether oxygens (including phenoxy) is 1. The van der Waals surface area contributed by atoms with Crippen LogP contribution in [-0.4, -0.2) is 25.2 Å². The monoisotopic (exact) mass is 308 g/mol. The van der Waals surface area contributed by atoms with Gasteiger partial charge in [-0.3, -0.25) is 0 Å². The molecule has 1 aromatic heterocycles. The second-order valence-electron chi connectivity index (χ2n) is 5.03. The Morgan fingerprint density at radius 1 is 1.50 bits per heavy atom. The lowest BCUT2D eigenvalue weighted by molar-refractivity contribution is 0.323. The van der Waals surface area contributed by atoms with Gasteiger partial charge in [0.15, 0.2) is 5.75 Å². The van der Waals surface area contributed by atoms with Crippen LogP contribution in [0.15, 0.2) is 22.9 Å². The standard InChI is InChI=1S/C14H17BrN2O/c1-18-13-6-12(8-17-14(13)15)10-4-9-2-3-16-7-11(9)5-10/h5-6,8-9,11,16H,2-4,7H2,1H3/t9-,11-/m0/s1. The number of hydrogen-bond acceptors (Lipinski definition) is 3. The molecule has 18 heavy (non-hydrogen) atoms. The summed E-state index contributed by atoms with van der Waals surface area (Å²) in [5.41, 5.74) is 2.62. The average molecular weight is 309 g/mol. The number of allylic oxidation sites excluding steroid dienone is 1. The molecule has 1 aliphatic carbocycles. The van der Waals surface area contributed by atoms with Crippen molar-refractivity contribution < 1.29 is 4.74 Å². The van der Waals surface area contributed by atoms with Gasteiger partial charge in [-0.05, 0) is 64.4 Å². The average Bonchev–Trinajstić information content (AvgIpc) is 2.83. The molecule has 3 rings (SSSR count). The minimum atomic E-state index is 0.698. The van der Waals surface area contributed by atoms with Gasteiger partial charge < -0.3 is 10.1 Å². The van der Waals surface area contributed by atoms with Crippen molar-refractivity contribution in [3.8, 4) is 5.75 Å². The normalized spacial score (nSPS) is 26.7. The minimum absolute atomic E-state index is 0.698. The summed E-state index contributed by atoms with van der Waals surface area (Å²) in [6.07, 6.45) is 6.81. The Hall–Kier alpha value is -0.870. The number of aromatic nitrogens is 1. The van der Waals surface area contributed by atoms with Gasteiger partial charge in [0.1, 0.15) is 4.60 Å². The van der Waals surface area contributed by atoms with Gasteiger partial charge in [-0.25, -0.2) is 4.98 Å². The van der Waals surface area contributed by atoms with Gasteiger partial charge in [0.25, 0.3) is 0 Å². The molecule has 1 saturated heterocycles. The van der Waals surface area contributed by atoms with Crippen LogP contribution in [0.5, 0.6) is 5.75 Å². The van der Waals surface area contributed by atoms with Crippen molar-refractivity contribution in [3.63, 3.8) is 0 Å². The highest BCUT2D eigenvalue weighted by molar-refractivity contribution is 9.10. The van der Waals surface area contributed by atoms with Crippen molar-refractivity contribution in [2.24, 2.45) is 11.8 Å². The first-order valence-electron chi connectivity index (χ1n) is 6.39. The molecule has 1 fully saturated rings. The first kappa shape index (κ1) is 12.2. The van der Waals surface area contributed by atoms with Crippen LogP contribution in [0.2, 0.25) is 0 Å². The molecule has 0 aromatic carbocycles. The summed E-state index contributed by atoms with van der Waals surface area (Å²) >= 11 is 3.39. The van der Waals surface area contributed by atoms with Crippen LogP contribution in [-0.2, 0) is 0 Å². The first-order valence-corrected chi connectivity index (χ1v) is 7.18. The van der Waals surface area contributed by atoms with E-state index in [2.05, 4.69) is 38.4 Å². The van der Waals surface area contributed by atoms with E-state index in [1.165, 1.54) is 24.0 Å². The molecular weight excluding hydrogens is 292 g/mol. The van der Waals surface area contributed by atoms with E-state index in [-0.39, 0.29) is 0 Å². The molecule has 2 atom stereocenters. The third-order valence-corrected chi connectivity index (χ3v) is 4.57. The number of halogens is 1. The summed E-state index contributed by atoms with van der Waals surface area (Å²) < 4.78 is 6.08. The Kier molecular flexibility index (Phi) is 3.39. The zero-order chi connectivity index (χ0) is 12.5. The molecule has 2 heterocycles. The summed E-state index contributed by atoms with van der Waals surface area (Å²) in [6, 6.07) is 2.08. The van der Waals surface area contributed by atoms with Crippen LogP contribution in [0.4, 0.5) is 0 Å². The van der Waals surface area contributed by atoms with Crippen LogP contribution in [0.1, 0.15) is 18.4 Å². The van der Waals surface area contributed by atoms with Crippen LogP contribution >= 0.6 is 15.9 Å². The summed E-state index contributed by atoms with van der Waals surface area (Å²) in [4.78, 5) is 4.35. The molecule has 96 valence electrons. The van der Waals surface area contributed by atoms with Gasteiger partial charge in [-0.2, -0.15) is 0 Å². The topological polar surface area (TPSA) is 34.1 Å². The van der Waals surface area contributed by atoms with Gasteiger partial charge in [0, 0.05) is 12.7 Å². The van der Waals surface area contributed by atoms with E-state index in [4.69, 9.17) is 4.74 Å². The number of pyridine rings is 1. The molecule has 0 unspecified atom stereocenters. The molecule has 2 aliphatic rings. The minimum Gasteiger partial charge on any atom is -0.494 e. The maximum Gasteiger partial charge on any atom is 0.152 e. The highest BCUT2D eigenvalue weighted by atomic mass is 79.9. The van der Waals surface area contributed by atoms with Crippen molar-refractivity contribution in [1.82, 2.24) is 10.3 Å². The Morgan fingerprint density at radius 3 is 3.17 bits per heavy atom. The SMILES string of the molecule is COc1cc(C2=C[C@H]3CNCC[C@H]3C2)cnc1Br. The number of nitrogens with one attached hydrogen (secondary N) is 1. The van der Waals surface area contributed by atoms with Crippen molar-refractivity contribution >= 4 is 21.5 Å². The van der Waals surface area contributed by atoms with E-state index in [9.17, 15) is 0 Å². The van der Waals surface area contributed by atoms with E-state index in [0.717, 1.165) is 29.4 Å². The molecule has 0 bridgehead atoms. The fourth-order valence-electron chi connectivity index (χ4n) is 2.96. The zero-order valence-corrected chi connectivity index (χ0v) is 12.0. The molecule has 0 spiro atoms. The predicted octanol–water partition coefficient (Wildman–Crippen LogP) is 2.87. The quantitative estimate of drug-likeness (QED) is 0.853. The third-order valence-electron chi connectivity index (χ3n) is 3.97. The van der Waals surface area contributed by atoms with Gasteiger partial charge in [0.2, 0.25) is 0 Å². The molecule has 1 aliphatic heterocycles. The van der Waals surface area contributed by atoms with Crippen LogP contribution in [0.3, 0.4) is 0 Å². The van der Waals surface area contributed by atoms with Crippen LogP contribution in [0, 0.1) is 11.8 Å². The second kappa shape index (κ2) is 5.02. The molecule has 0 amide bonds. The fourth-order valence-corrected chi connectivity index (χ4v) is 3.33. The number of fused-ring (bicyclic) bond motifs is 1. The number of hydrogen-bond donors (Lipinski definition) is 1. The van der Waals surface area contributed by atoms with Gasteiger partial charge in [0.05, 0.1) is 7.11 Å². The zero-order valence-electron chi connectivity index (χ0n) is 10.4. The lowest BCUT2D eigenvalue weighted by atomic mass is 9.89. The Balaban J connectivity index is 1.87. The Labute approximate surface area is 116 Å². The van der Waals surface area contributed by atoms with Crippen LogP contribution < -0.4 is 10.1 Å². The molecule has 4 heteroatoms. The van der Waals surface area contributed by atoms with E-state index >= 15 is 0 Å². The summed E-state index contributed by atoms with van der Waals surface area (Å²) in [6.45, 7) is 2.28. The van der Waals surface area contributed by atoms with E-state index in [1.807, 2.05) is 6.20 Å². The van der Waals surface area contributed by atoms with Gasteiger partial charge in [-0.1, -0.05) is 6.08 Å². The third kappa shape index (κ3) is 2.19. The van der Waals surface area contributed by atoms with E-state index in [1.54, 1.807) is 7.11 Å². The fraction of sp³-hybridized carbons (Fsp3) is 0.500. The summed E-state index contributed by atoms with van der Waals surface area (Å²) in [7, 11) is 1.68. The largest absolute Gasteiger partial charge is 0.494 e. The summed E-state index contributed by atoms with van der Waals surface area (Å²) in [5.74, 6) is 2.32. The maximum absolute atomic E-state index is 5.31. The number of methoxy groups -OCH3 is 1. The van der Waals surface area contributed by atoms with Crippen molar-refractivity contribution in [1.29, 1.82) is 0 Å². The molecule has 0 radical (unpaired) electrons. The number of piperidine rings is 1. The van der Waals surface area contributed by atoms with Gasteiger partial charge >= 0.3 is 0 Å². The van der Waals surface area contributed by atoms with Crippen molar-refractivity contribution in [2.75, 3.05) is 20.2 Å². The Morgan fingerprint density at radius 2 is 2.39 bits per heavy atom. The molecule has 3 nitrogen and oxygen atoms in total. The van der Waals surface area contributed by atoms with Crippen molar-refractivity contribution in [2.45, 2.75) is 12.8 Å². The Bertz CT molecular complexity index is 487. The van der Waals surface area contributed by atoms with Gasteiger partial charge in [-0.15, -0.1) is 0 Å². The highest BCUT2D eigenvalue weighted by Gasteiger charge is 2.30.